The molecule has 0 aromatic heterocycles. The van der Waals surface area contributed by atoms with Crippen molar-refractivity contribution >= 4 is 0 Å². The molecule has 11 heterocycles. The Labute approximate surface area is 93.3 Å². The summed E-state index contributed by atoms with van der Waals surface area (Å²) in [6, 6.07) is 0. The molecule has 6 unspecified atom stereocenters. The van der Waals surface area contributed by atoms with Crippen molar-refractivity contribution in [1.82, 2.24) is 0 Å². The molecular weight excluding hydrogens is 270 g/mol. The van der Waals surface area contributed by atoms with Crippen molar-refractivity contribution in [3.63, 3.8) is 0 Å². The summed E-state index contributed by atoms with van der Waals surface area (Å²) in [7, 11) is 0. The number of hydrogen-bond donors (Lipinski definition) is 0. The van der Waals surface area contributed by atoms with Crippen molar-refractivity contribution < 1.29 is 11.2 Å². The molecule has 6 atom stereocenters. The van der Waals surface area contributed by atoms with Gasteiger partial charge in [-0.2, -0.15) is 0 Å². The second-order valence-corrected chi connectivity index (χ2v) is 34.3. The van der Waals surface area contributed by atoms with Crippen LogP contribution in [0, 0.1) is 0 Å². The summed E-state index contributed by atoms with van der Waals surface area (Å²) in [5.74, 6) is 0. The molecule has 0 aromatic carbocycles. The van der Waals surface area contributed by atoms with Crippen LogP contribution in [0.3, 0.4) is 0 Å². The molecule has 0 N–H and O–H groups in total. The van der Waals surface area contributed by atoms with E-state index in [-0.39, 0.29) is 0 Å². The molecule has 0 aliphatic carbocycles. The van der Waals surface area contributed by atoms with E-state index in [0.717, 1.165) is 11.4 Å². The molecule has 0 radical (unpaired) electrons. The molecule has 5 heteroatoms. The number of fused-ring (bicyclic) bond motifs is 10. The monoisotopic (exact) mass is 283 g/mol. The summed E-state index contributed by atoms with van der Waals surface area (Å²) in [4.78, 5) is 12.9. The Hall–Kier alpha value is -0.211. The Kier molecular flexibility index (Phi) is 0.192. The van der Waals surface area contributed by atoms with Crippen LogP contribution in [0.25, 0.3) is 10.4 Å². The van der Waals surface area contributed by atoms with E-state index in [2.05, 4.69) is 4.91 Å². The molecule has 4 nitrogen and oxygen atoms in total. The molecule has 11 saturated heterocycles. The average Bonchev–Trinajstić information content (AvgIpc) is 3.21. The van der Waals surface area contributed by atoms with Gasteiger partial charge in [0.1, 0.15) is 0 Å². The van der Waals surface area contributed by atoms with Crippen LogP contribution >= 0.6 is 0 Å². The molecule has 0 saturated carbocycles. The summed E-state index contributed by atoms with van der Waals surface area (Å²) in [5.41, 5.74) is 9.24. The van der Waals surface area contributed by atoms with E-state index < -0.39 is 6.51 Å². The van der Waals surface area contributed by atoms with Crippen LogP contribution in [-0.4, -0.2) is 17.1 Å². The predicted molar refractivity (Wildman–Crippen MR) is 58.9 cm³/mol. The van der Waals surface area contributed by atoms with Gasteiger partial charge in [-0.3, -0.25) is 0 Å². The zero-order chi connectivity index (χ0) is 11.0. The van der Waals surface area contributed by atoms with E-state index in [1.54, 1.807) is 0 Å². The van der Waals surface area contributed by atoms with Gasteiger partial charge in [-0.25, -0.2) is 0 Å². The number of ether oxygens (including phenoxy) is 1. The third-order valence-corrected chi connectivity index (χ3v) is 59.0. The van der Waals surface area contributed by atoms with Crippen LogP contribution in [0.2, 0.25) is 42.8 Å². The van der Waals surface area contributed by atoms with Crippen molar-refractivity contribution in [1.29, 1.82) is 0 Å². The Balaban J connectivity index is 1.64. The first-order valence-corrected chi connectivity index (χ1v) is 13.7. The van der Waals surface area contributed by atoms with Crippen LogP contribution < -0.4 is 0 Å². The average molecular weight is 283 g/mol. The molecule has 0 aromatic rings. The SMILES string of the molecule is [N-]=[N+]=N[C]12[CH]3[CH]4[CH]5[C]1(C1CCO1)[Fe]43521678[CH]2[CH]1[CH]6[CH]7[CH]28. The molecule has 18 heavy (non-hydrogen) atoms. The van der Waals surface area contributed by atoms with Crippen molar-refractivity contribution in [2.24, 2.45) is 5.11 Å². The molecule has 11 aliphatic heterocycles. The first-order chi connectivity index (χ1) is 8.60. The fourth-order valence-corrected chi connectivity index (χ4v) is 93.7. The van der Waals surface area contributed by atoms with Crippen molar-refractivity contribution in [3.05, 3.63) is 10.4 Å². The molecule has 1 spiro atoms. The van der Waals surface area contributed by atoms with Crippen LogP contribution in [0.4, 0.5) is 0 Å². The van der Waals surface area contributed by atoms with E-state index in [9.17, 15) is 5.53 Å². The van der Waals surface area contributed by atoms with Crippen LogP contribution in [-0.2, 0) is 11.2 Å². The van der Waals surface area contributed by atoms with Gasteiger partial charge in [0.05, 0.1) is 0 Å². The molecular formula is C13H13FeN3O. The fourth-order valence-electron chi connectivity index (χ4n) is 18.4. The zero-order valence-electron chi connectivity index (χ0n) is 9.71. The Morgan fingerprint density at radius 2 is 1.78 bits per heavy atom. The second kappa shape index (κ2) is 0.531. The van der Waals surface area contributed by atoms with Crippen LogP contribution in [0.1, 0.15) is 6.42 Å². The van der Waals surface area contributed by atoms with Gasteiger partial charge in [0, 0.05) is 0 Å². The van der Waals surface area contributed by atoms with Crippen molar-refractivity contribution in [2.45, 2.75) is 59.8 Å². The van der Waals surface area contributed by atoms with Gasteiger partial charge in [0.25, 0.3) is 0 Å². The van der Waals surface area contributed by atoms with Gasteiger partial charge in [0.2, 0.25) is 0 Å². The molecule has 94 valence electrons. The van der Waals surface area contributed by atoms with Gasteiger partial charge >= 0.3 is 93.2 Å². The molecule has 0 amide bonds. The first-order valence-electron chi connectivity index (χ1n) is 7.49. The van der Waals surface area contributed by atoms with Crippen molar-refractivity contribution in [2.75, 3.05) is 6.61 Å². The summed E-state index contributed by atoms with van der Waals surface area (Å²) in [6.45, 7) is -2.39. The number of hydrogen-bond acceptors (Lipinski definition) is 2. The second-order valence-electron chi connectivity index (χ2n) is 11.1. The summed E-state index contributed by atoms with van der Waals surface area (Å²) in [5, 5.41) is 4.70. The Morgan fingerprint density at radius 3 is 2.17 bits per heavy atom. The van der Waals surface area contributed by atoms with Crippen molar-refractivity contribution in [3.8, 4) is 0 Å². The number of azide groups is 1. The van der Waals surface area contributed by atoms with Gasteiger partial charge < -0.3 is 0 Å². The third kappa shape index (κ3) is 0.0586. The zero-order valence-corrected chi connectivity index (χ0v) is 10.8. The third-order valence-electron chi connectivity index (χ3n) is 16.3. The minimum absolute atomic E-state index is 0.298. The van der Waals surface area contributed by atoms with E-state index in [0.29, 0.717) is 14.9 Å². The Bertz CT molecular complexity index is 1090. The van der Waals surface area contributed by atoms with E-state index in [1.165, 1.54) is 40.1 Å². The summed E-state index contributed by atoms with van der Waals surface area (Å²) < 4.78 is 6.97. The molecule has 11 fully saturated rings. The van der Waals surface area contributed by atoms with Crippen LogP contribution in [0.5, 0.6) is 0 Å². The molecule has 11 rings (SSSR count). The van der Waals surface area contributed by atoms with Gasteiger partial charge in [-0.15, -0.1) is 0 Å². The quantitative estimate of drug-likeness (QED) is 0.329. The number of nitrogens with zero attached hydrogens (tertiary/aromatic N) is 3. The molecule has 0 bridgehead atoms. The van der Waals surface area contributed by atoms with E-state index >= 15 is 0 Å². The fraction of sp³-hybridized carbons (Fsp3) is 1.00. The topological polar surface area (TPSA) is 58.0 Å². The summed E-state index contributed by atoms with van der Waals surface area (Å²) >= 11 is 0. The standard InChI is InChI=1S/C8H8N3O.C5H5.Fe/c9-11-10-7-3-1-2-6(7)8-4-5-12-8;1-2-4-5-3-1;/h1-3,8H,4-5H2;1-5H;. The van der Waals surface area contributed by atoms with E-state index in [1.807, 2.05) is 0 Å². The van der Waals surface area contributed by atoms with Gasteiger partial charge in [-0.05, 0) is 0 Å². The summed E-state index contributed by atoms with van der Waals surface area (Å²) in [6.07, 6.45) is 1.88. The first kappa shape index (κ1) is 6.49. The molecule has 11 aliphatic rings. The number of rotatable bonds is 2. The van der Waals surface area contributed by atoms with Gasteiger partial charge in [-0.1, -0.05) is 0 Å². The maximum absolute atomic E-state index is 9.24. The maximum atomic E-state index is 9.24. The minimum atomic E-state index is -3.38. The van der Waals surface area contributed by atoms with E-state index in [4.69, 9.17) is 9.85 Å². The Morgan fingerprint density at radius 1 is 1.11 bits per heavy atom. The normalized spacial score (nSPS) is 125. The van der Waals surface area contributed by atoms with Gasteiger partial charge in [0.15, 0.2) is 0 Å². The predicted octanol–water partition coefficient (Wildman–Crippen LogP) is 3.75. The van der Waals surface area contributed by atoms with Crippen LogP contribution in [0.15, 0.2) is 5.11 Å².